The molecule has 0 bridgehead atoms. The smallest absolute Gasteiger partial charge is 0.405 e. The van der Waals surface area contributed by atoms with Crippen molar-refractivity contribution in [3.63, 3.8) is 0 Å². The molecule has 27 heavy (non-hydrogen) atoms. The van der Waals surface area contributed by atoms with Gasteiger partial charge in [0.15, 0.2) is 0 Å². The van der Waals surface area contributed by atoms with E-state index in [-0.39, 0.29) is 30.7 Å². The standard InChI is InChI=1S/C14H15N3O10/c18-8-2-3-9(19)16(8)26-12(22)6-1-7(15-14(24)25)13(23)27-17-10(20)4-5-11(17)21/h7,15H,1-6H2,(H,24,25). The van der Waals surface area contributed by atoms with E-state index < -0.39 is 60.5 Å². The second kappa shape index (κ2) is 8.25. The van der Waals surface area contributed by atoms with Gasteiger partial charge in [0.1, 0.15) is 6.04 Å². The highest BCUT2D eigenvalue weighted by Gasteiger charge is 2.36. The van der Waals surface area contributed by atoms with Crippen LogP contribution >= 0.6 is 0 Å². The average Bonchev–Trinajstić information content (AvgIpc) is 3.08. The highest BCUT2D eigenvalue weighted by atomic mass is 16.7. The lowest BCUT2D eigenvalue weighted by Crippen LogP contribution is -2.45. The van der Waals surface area contributed by atoms with Crippen molar-refractivity contribution in [3.8, 4) is 0 Å². The third kappa shape index (κ3) is 4.99. The summed E-state index contributed by atoms with van der Waals surface area (Å²) < 4.78 is 0. The molecule has 0 aromatic carbocycles. The maximum absolute atomic E-state index is 12.0. The van der Waals surface area contributed by atoms with Crippen molar-refractivity contribution in [1.82, 2.24) is 15.4 Å². The molecule has 0 aromatic heterocycles. The van der Waals surface area contributed by atoms with Crippen LogP contribution in [0.2, 0.25) is 0 Å². The Balaban J connectivity index is 1.92. The van der Waals surface area contributed by atoms with Crippen molar-refractivity contribution >= 4 is 41.7 Å². The highest BCUT2D eigenvalue weighted by molar-refractivity contribution is 6.02. The molecular weight excluding hydrogens is 370 g/mol. The van der Waals surface area contributed by atoms with Gasteiger partial charge in [-0.2, -0.15) is 0 Å². The molecule has 2 fully saturated rings. The maximum atomic E-state index is 12.0. The third-order valence-corrected chi connectivity index (χ3v) is 3.61. The molecular formula is C14H15N3O10. The summed E-state index contributed by atoms with van der Waals surface area (Å²) >= 11 is 0. The van der Waals surface area contributed by atoms with Gasteiger partial charge in [0, 0.05) is 25.7 Å². The van der Waals surface area contributed by atoms with Crippen LogP contribution in [0.3, 0.4) is 0 Å². The van der Waals surface area contributed by atoms with Gasteiger partial charge in [0.2, 0.25) is 0 Å². The zero-order valence-electron chi connectivity index (χ0n) is 13.8. The van der Waals surface area contributed by atoms with Gasteiger partial charge in [0.25, 0.3) is 23.6 Å². The minimum Gasteiger partial charge on any atom is -0.465 e. The number of hydroxylamine groups is 4. The van der Waals surface area contributed by atoms with Crippen LogP contribution in [0.25, 0.3) is 0 Å². The minimum atomic E-state index is -1.62. The van der Waals surface area contributed by atoms with E-state index in [1.165, 1.54) is 0 Å². The molecule has 2 rings (SSSR count). The SMILES string of the molecule is O=C(O)NC(CCC(=O)ON1C(=O)CCC1=O)C(=O)ON1C(=O)CCC1=O. The quantitative estimate of drug-likeness (QED) is 0.496. The number of rotatable bonds is 7. The lowest BCUT2D eigenvalue weighted by atomic mass is 10.1. The normalized spacial score (nSPS) is 17.9. The van der Waals surface area contributed by atoms with Gasteiger partial charge >= 0.3 is 18.0 Å². The zero-order chi connectivity index (χ0) is 20.1. The zero-order valence-corrected chi connectivity index (χ0v) is 13.8. The Morgan fingerprint density at radius 2 is 1.33 bits per heavy atom. The van der Waals surface area contributed by atoms with Crippen LogP contribution in [0.5, 0.6) is 0 Å². The third-order valence-electron chi connectivity index (χ3n) is 3.61. The molecule has 13 nitrogen and oxygen atoms in total. The van der Waals surface area contributed by atoms with Gasteiger partial charge < -0.3 is 20.1 Å². The Morgan fingerprint density at radius 1 is 0.889 bits per heavy atom. The summed E-state index contributed by atoms with van der Waals surface area (Å²) in [5.74, 6) is -5.24. The van der Waals surface area contributed by atoms with Crippen LogP contribution in [0.4, 0.5) is 4.79 Å². The van der Waals surface area contributed by atoms with Crippen LogP contribution in [-0.4, -0.2) is 62.9 Å². The minimum absolute atomic E-state index is 0.0977. The van der Waals surface area contributed by atoms with Gasteiger partial charge in [0.05, 0.1) is 6.42 Å². The molecule has 0 aromatic rings. The second-order valence-corrected chi connectivity index (χ2v) is 5.58. The van der Waals surface area contributed by atoms with Crippen molar-refractivity contribution < 1.29 is 48.3 Å². The Bertz CT molecular complexity index is 686. The van der Waals surface area contributed by atoms with Crippen LogP contribution < -0.4 is 5.32 Å². The molecule has 1 unspecified atom stereocenters. The summed E-state index contributed by atoms with van der Waals surface area (Å²) in [4.78, 5) is 89.3. The van der Waals surface area contributed by atoms with E-state index in [0.717, 1.165) is 0 Å². The van der Waals surface area contributed by atoms with Crippen LogP contribution in [-0.2, 0) is 38.4 Å². The number of hydrogen-bond donors (Lipinski definition) is 2. The fourth-order valence-electron chi connectivity index (χ4n) is 2.28. The van der Waals surface area contributed by atoms with Crippen molar-refractivity contribution in [2.45, 2.75) is 44.6 Å². The molecule has 0 spiro atoms. The lowest BCUT2D eigenvalue weighted by molar-refractivity contribution is -0.200. The summed E-state index contributed by atoms with van der Waals surface area (Å²) in [5, 5.41) is 11.1. The number of nitrogens with one attached hydrogen (secondary N) is 1. The van der Waals surface area contributed by atoms with Crippen LogP contribution in [0, 0.1) is 0 Å². The topological polar surface area (TPSA) is 177 Å². The number of hydrogen-bond acceptors (Lipinski definition) is 9. The number of amides is 5. The number of carbonyl (C=O) groups excluding carboxylic acids is 6. The number of imide groups is 2. The van der Waals surface area contributed by atoms with Crippen LogP contribution in [0.1, 0.15) is 38.5 Å². The summed E-state index contributed by atoms with van der Waals surface area (Å²) in [6, 6.07) is -1.60. The van der Waals surface area contributed by atoms with E-state index in [4.69, 9.17) is 5.11 Å². The Kier molecular flexibility index (Phi) is 6.05. The molecule has 0 radical (unpaired) electrons. The predicted octanol–water partition coefficient (Wildman–Crippen LogP) is -1.38. The van der Waals surface area contributed by atoms with E-state index in [9.17, 15) is 33.6 Å². The first-order chi connectivity index (χ1) is 12.7. The molecule has 1 atom stereocenters. The Morgan fingerprint density at radius 3 is 1.78 bits per heavy atom. The van der Waals surface area contributed by atoms with Crippen LogP contribution in [0.15, 0.2) is 0 Å². The van der Waals surface area contributed by atoms with Crippen molar-refractivity contribution in [2.75, 3.05) is 0 Å². The number of carboxylic acid groups (broad SMARTS) is 1. The first-order valence-corrected chi connectivity index (χ1v) is 7.82. The Labute approximate surface area is 151 Å². The summed E-state index contributed by atoms with van der Waals surface area (Å²) in [5.41, 5.74) is 0. The van der Waals surface area contributed by atoms with Gasteiger partial charge in [-0.15, -0.1) is 10.1 Å². The highest BCUT2D eigenvalue weighted by Crippen LogP contribution is 2.15. The predicted molar refractivity (Wildman–Crippen MR) is 78.5 cm³/mol. The van der Waals surface area contributed by atoms with E-state index in [1.807, 2.05) is 0 Å². The second-order valence-electron chi connectivity index (χ2n) is 5.58. The average molecular weight is 385 g/mol. The van der Waals surface area contributed by atoms with Crippen molar-refractivity contribution in [3.05, 3.63) is 0 Å². The molecule has 2 aliphatic rings. The van der Waals surface area contributed by atoms with E-state index in [0.29, 0.717) is 5.06 Å². The molecule has 5 amide bonds. The summed E-state index contributed by atoms with van der Waals surface area (Å²) in [6.45, 7) is 0. The number of nitrogens with zero attached hydrogens (tertiary/aromatic N) is 2. The number of carbonyl (C=O) groups is 7. The van der Waals surface area contributed by atoms with E-state index >= 15 is 0 Å². The largest absolute Gasteiger partial charge is 0.465 e. The molecule has 2 aliphatic heterocycles. The van der Waals surface area contributed by atoms with Crippen molar-refractivity contribution in [1.29, 1.82) is 0 Å². The fourth-order valence-corrected chi connectivity index (χ4v) is 2.28. The summed E-state index contributed by atoms with van der Waals surface area (Å²) in [7, 11) is 0. The van der Waals surface area contributed by atoms with E-state index in [1.54, 1.807) is 5.32 Å². The molecule has 2 N–H and O–H groups in total. The molecule has 13 heteroatoms. The lowest BCUT2D eigenvalue weighted by Gasteiger charge is -2.19. The Hall–Kier alpha value is -3.51. The molecule has 0 saturated carbocycles. The molecule has 2 saturated heterocycles. The summed E-state index contributed by atoms with van der Waals surface area (Å²) in [6.07, 6.45) is -3.12. The first-order valence-electron chi connectivity index (χ1n) is 7.82. The van der Waals surface area contributed by atoms with Gasteiger partial charge in [-0.3, -0.25) is 19.2 Å². The molecule has 2 heterocycles. The fraction of sp³-hybridized carbons (Fsp3) is 0.500. The molecule has 0 aliphatic carbocycles. The van der Waals surface area contributed by atoms with Gasteiger partial charge in [-0.1, -0.05) is 0 Å². The first kappa shape index (κ1) is 19.8. The molecule has 146 valence electrons. The van der Waals surface area contributed by atoms with Gasteiger partial charge in [-0.05, 0) is 6.42 Å². The maximum Gasteiger partial charge on any atom is 0.405 e. The van der Waals surface area contributed by atoms with E-state index in [2.05, 4.69) is 9.68 Å². The van der Waals surface area contributed by atoms with Gasteiger partial charge in [-0.25, -0.2) is 14.4 Å². The van der Waals surface area contributed by atoms with Crippen molar-refractivity contribution in [2.24, 2.45) is 0 Å². The monoisotopic (exact) mass is 385 g/mol.